The van der Waals surface area contributed by atoms with Gasteiger partial charge in [-0.3, -0.25) is 4.79 Å². The van der Waals surface area contributed by atoms with Gasteiger partial charge in [0.2, 0.25) is 5.91 Å². The summed E-state index contributed by atoms with van der Waals surface area (Å²) in [6.07, 6.45) is 2.62. The molecule has 1 aliphatic rings. The molecule has 0 spiro atoms. The highest BCUT2D eigenvalue weighted by Crippen LogP contribution is 2.27. The lowest BCUT2D eigenvalue weighted by atomic mass is 10.1. The molecule has 118 valence electrons. The maximum atomic E-state index is 12.0. The van der Waals surface area contributed by atoms with Crippen LogP contribution in [0.3, 0.4) is 0 Å². The summed E-state index contributed by atoms with van der Waals surface area (Å²) in [4.78, 5) is 13.8. The van der Waals surface area contributed by atoms with E-state index in [0.717, 1.165) is 29.3 Å². The third kappa shape index (κ3) is 5.56. The van der Waals surface area contributed by atoms with E-state index in [2.05, 4.69) is 11.4 Å². The zero-order chi connectivity index (χ0) is 14.5. The van der Waals surface area contributed by atoms with Crippen LogP contribution in [0.2, 0.25) is 0 Å². The predicted molar refractivity (Wildman–Crippen MR) is 87.0 cm³/mol. The van der Waals surface area contributed by atoms with Crippen LogP contribution in [0.1, 0.15) is 24.0 Å². The number of hydrogen-bond acceptors (Lipinski definition) is 3. The van der Waals surface area contributed by atoms with Gasteiger partial charge in [-0.1, -0.05) is 12.1 Å². The first-order valence-corrected chi connectivity index (χ1v) is 7.18. The SMILES string of the molecule is COc1ccc(CN(C)C(=O)CNCC2CC2)cc1C.Cl. The first-order chi connectivity index (χ1) is 9.60. The molecule has 1 aromatic carbocycles. The first kappa shape index (κ1) is 17.8. The van der Waals surface area contributed by atoms with Crippen molar-refractivity contribution >= 4 is 18.3 Å². The maximum Gasteiger partial charge on any atom is 0.236 e. The topological polar surface area (TPSA) is 41.6 Å². The van der Waals surface area contributed by atoms with Crippen molar-refractivity contribution in [2.75, 3.05) is 27.2 Å². The summed E-state index contributed by atoms with van der Waals surface area (Å²) in [7, 11) is 3.52. The Morgan fingerprint density at radius 2 is 2.14 bits per heavy atom. The molecule has 0 saturated heterocycles. The molecule has 1 aromatic rings. The van der Waals surface area contributed by atoms with E-state index in [1.165, 1.54) is 12.8 Å². The van der Waals surface area contributed by atoms with Crippen molar-refractivity contribution in [3.63, 3.8) is 0 Å². The number of aryl methyl sites for hydroxylation is 1. The minimum atomic E-state index is 0. The Morgan fingerprint density at radius 1 is 1.43 bits per heavy atom. The molecule has 0 atom stereocenters. The van der Waals surface area contributed by atoms with E-state index in [9.17, 15) is 4.79 Å². The van der Waals surface area contributed by atoms with Gasteiger partial charge in [-0.2, -0.15) is 0 Å². The monoisotopic (exact) mass is 312 g/mol. The molecule has 1 saturated carbocycles. The summed E-state index contributed by atoms with van der Waals surface area (Å²) in [6, 6.07) is 6.03. The lowest BCUT2D eigenvalue weighted by molar-refractivity contribution is -0.129. The number of nitrogens with zero attached hydrogens (tertiary/aromatic N) is 1. The molecule has 0 heterocycles. The summed E-state index contributed by atoms with van der Waals surface area (Å²) < 4.78 is 5.24. The van der Waals surface area contributed by atoms with Gasteiger partial charge in [-0.15, -0.1) is 12.4 Å². The van der Waals surface area contributed by atoms with Crippen LogP contribution in [0.25, 0.3) is 0 Å². The van der Waals surface area contributed by atoms with Crippen molar-refractivity contribution in [1.29, 1.82) is 0 Å². The Kier molecular flexibility index (Phi) is 6.99. The van der Waals surface area contributed by atoms with Crippen LogP contribution in [0.15, 0.2) is 18.2 Å². The van der Waals surface area contributed by atoms with Gasteiger partial charge in [0.05, 0.1) is 13.7 Å². The van der Waals surface area contributed by atoms with Crippen molar-refractivity contribution in [3.8, 4) is 5.75 Å². The Labute approximate surface area is 133 Å². The van der Waals surface area contributed by atoms with E-state index in [-0.39, 0.29) is 18.3 Å². The lowest BCUT2D eigenvalue weighted by Gasteiger charge is -2.18. The molecule has 0 aliphatic heterocycles. The van der Waals surface area contributed by atoms with Crippen molar-refractivity contribution < 1.29 is 9.53 Å². The van der Waals surface area contributed by atoms with E-state index in [4.69, 9.17) is 4.74 Å². The van der Waals surface area contributed by atoms with Gasteiger partial charge in [0, 0.05) is 13.6 Å². The van der Waals surface area contributed by atoms with Crippen molar-refractivity contribution in [2.45, 2.75) is 26.3 Å². The standard InChI is InChI=1S/C16H24N2O2.ClH/c1-12-8-14(6-7-15(12)20-3)11-18(2)16(19)10-17-9-13-4-5-13;/h6-8,13,17H,4-5,9-11H2,1-3H3;1H. The molecule has 21 heavy (non-hydrogen) atoms. The van der Waals surface area contributed by atoms with Crippen molar-refractivity contribution in [1.82, 2.24) is 10.2 Å². The minimum Gasteiger partial charge on any atom is -0.496 e. The Balaban J connectivity index is 0.00000220. The molecule has 1 aliphatic carbocycles. The second-order valence-corrected chi connectivity index (χ2v) is 5.63. The third-order valence-corrected chi connectivity index (χ3v) is 3.71. The number of hydrogen-bond donors (Lipinski definition) is 1. The molecule has 0 unspecified atom stereocenters. The summed E-state index contributed by atoms with van der Waals surface area (Å²) in [5, 5.41) is 3.23. The Morgan fingerprint density at radius 3 is 2.71 bits per heavy atom. The number of likely N-dealkylation sites (N-methyl/N-ethyl adjacent to an activating group) is 1. The molecule has 4 nitrogen and oxygen atoms in total. The smallest absolute Gasteiger partial charge is 0.236 e. The van der Waals surface area contributed by atoms with Crippen LogP contribution in [0.5, 0.6) is 5.75 Å². The molecule has 1 amide bonds. The molecule has 1 N–H and O–H groups in total. The summed E-state index contributed by atoms with van der Waals surface area (Å²) in [6.45, 7) is 4.06. The van der Waals surface area contributed by atoms with Crippen LogP contribution in [-0.2, 0) is 11.3 Å². The summed E-state index contributed by atoms with van der Waals surface area (Å²) in [5.74, 6) is 1.82. The van der Waals surface area contributed by atoms with E-state index < -0.39 is 0 Å². The quantitative estimate of drug-likeness (QED) is 0.840. The average Bonchev–Trinajstić information content (AvgIpc) is 3.23. The van der Waals surface area contributed by atoms with Crippen molar-refractivity contribution in [2.24, 2.45) is 5.92 Å². The molecular weight excluding hydrogens is 288 g/mol. The minimum absolute atomic E-state index is 0. The fourth-order valence-corrected chi connectivity index (χ4v) is 2.24. The second-order valence-electron chi connectivity index (χ2n) is 5.63. The van der Waals surface area contributed by atoms with Crippen LogP contribution in [-0.4, -0.2) is 38.1 Å². The molecular formula is C16H25ClN2O2. The number of amides is 1. The number of halogens is 1. The van der Waals surface area contributed by atoms with Crippen molar-refractivity contribution in [3.05, 3.63) is 29.3 Å². The second kappa shape index (κ2) is 8.25. The molecule has 0 bridgehead atoms. The van der Waals surface area contributed by atoms with Crippen LogP contribution in [0, 0.1) is 12.8 Å². The maximum absolute atomic E-state index is 12.0. The van der Waals surface area contributed by atoms with E-state index in [1.807, 2.05) is 26.1 Å². The Hall–Kier alpha value is -1.26. The number of carbonyl (C=O) groups is 1. The molecule has 1 fully saturated rings. The summed E-state index contributed by atoms with van der Waals surface area (Å²) in [5.41, 5.74) is 2.22. The van der Waals surface area contributed by atoms with E-state index >= 15 is 0 Å². The number of ether oxygens (including phenoxy) is 1. The fraction of sp³-hybridized carbons (Fsp3) is 0.562. The first-order valence-electron chi connectivity index (χ1n) is 7.18. The van der Waals surface area contributed by atoms with Gasteiger partial charge in [0.1, 0.15) is 5.75 Å². The van der Waals surface area contributed by atoms with Gasteiger partial charge in [-0.05, 0) is 49.4 Å². The lowest BCUT2D eigenvalue weighted by Crippen LogP contribution is -2.35. The van der Waals surface area contributed by atoms with Gasteiger partial charge in [0.15, 0.2) is 0 Å². The number of nitrogens with one attached hydrogen (secondary N) is 1. The molecule has 0 aromatic heterocycles. The van der Waals surface area contributed by atoms with E-state index in [0.29, 0.717) is 13.1 Å². The van der Waals surface area contributed by atoms with Gasteiger partial charge >= 0.3 is 0 Å². The highest BCUT2D eigenvalue weighted by Gasteiger charge is 2.21. The van der Waals surface area contributed by atoms with Crippen LogP contribution < -0.4 is 10.1 Å². The highest BCUT2D eigenvalue weighted by molar-refractivity contribution is 5.85. The third-order valence-electron chi connectivity index (χ3n) is 3.71. The largest absolute Gasteiger partial charge is 0.496 e. The predicted octanol–water partition coefficient (Wildman–Crippen LogP) is 2.38. The van der Waals surface area contributed by atoms with E-state index in [1.54, 1.807) is 12.0 Å². The fourth-order valence-electron chi connectivity index (χ4n) is 2.24. The zero-order valence-corrected chi connectivity index (χ0v) is 13.8. The number of benzene rings is 1. The zero-order valence-electron chi connectivity index (χ0n) is 13.0. The molecule has 5 heteroatoms. The average molecular weight is 313 g/mol. The molecule has 0 radical (unpaired) electrons. The van der Waals surface area contributed by atoms with Crippen LogP contribution in [0.4, 0.5) is 0 Å². The van der Waals surface area contributed by atoms with Crippen LogP contribution >= 0.6 is 12.4 Å². The van der Waals surface area contributed by atoms with Gasteiger partial charge < -0.3 is 15.0 Å². The highest BCUT2D eigenvalue weighted by atomic mass is 35.5. The molecule has 2 rings (SSSR count). The Bertz CT molecular complexity index is 475. The number of carbonyl (C=O) groups excluding carboxylic acids is 1. The normalized spacial score (nSPS) is 13.5. The number of methoxy groups -OCH3 is 1. The number of rotatable bonds is 7. The van der Waals surface area contributed by atoms with Gasteiger partial charge in [-0.25, -0.2) is 0 Å². The van der Waals surface area contributed by atoms with Gasteiger partial charge in [0.25, 0.3) is 0 Å². The summed E-state index contributed by atoms with van der Waals surface area (Å²) >= 11 is 0.